The van der Waals surface area contributed by atoms with Gasteiger partial charge in [0.1, 0.15) is 11.2 Å². The quantitative estimate of drug-likeness (QED) is 0.187. The highest BCUT2D eigenvalue weighted by Crippen LogP contribution is 2.44. The fourth-order valence-corrected chi connectivity index (χ4v) is 8.87. The average molecular weight is 671 g/mol. The van der Waals surface area contributed by atoms with Gasteiger partial charge in [-0.15, -0.1) is 11.3 Å². The number of nitrogens with zero attached hydrogens (tertiary/aromatic N) is 4. The normalized spacial score (nSPS) is 11.9. The Labute approximate surface area is 295 Å². The van der Waals surface area contributed by atoms with Crippen molar-refractivity contribution in [3.63, 3.8) is 0 Å². The molecule has 0 aliphatic rings. The highest BCUT2D eigenvalue weighted by atomic mass is 32.1. The maximum Gasteiger partial charge on any atom is 0.167 e. The van der Waals surface area contributed by atoms with Gasteiger partial charge in [-0.2, -0.15) is 0 Å². The summed E-state index contributed by atoms with van der Waals surface area (Å²) in [5.74, 6) is 1.82. The third-order valence-electron chi connectivity index (χ3n) is 9.88. The Kier molecular flexibility index (Phi) is 6.05. The molecule has 0 bridgehead atoms. The zero-order valence-electron chi connectivity index (χ0n) is 27.1. The van der Waals surface area contributed by atoms with Crippen LogP contribution in [0.25, 0.3) is 104 Å². The molecule has 0 N–H and O–H groups in total. The molecule has 0 amide bonds. The Morgan fingerprint density at radius 1 is 0.451 bits per heavy atom. The molecule has 11 rings (SSSR count). The van der Waals surface area contributed by atoms with E-state index < -0.39 is 0 Å². The summed E-state index contributed by atoms with van der Waals surface area (Å²) in [6, 6.07) is 54.9. The second kappa shape index (κ2) is 10.9. The largest absolute Gasteiger partial charge is 0.455 e. The molecule has 4 heterocycles. The highest BCUT2D eigenvalue weighted by molar-refractivity contribution is 7.26. The molecule has 0 unspecified atom stereocenters. The number of hydrogen-bond acceptors (Lipinski definition) is 5. The van der Waals surface area contributed by atoms with Gasteiger partial charge in [0.05, 0.1) is 27.0 Å². The predicted octanol–water partition coefficient (Wildman–Crippen LogP) is 12.2. The molecule has 11 aromatic rings. The summed E-state index contributed by atoms with van der Waals surface area (Å²) in [6.45, 7) is 0. The van der Waals surface area contributed by atoms with Crippen molar-refractivity contribution in [2.24, 2.45) is 0 Å². The highest BCUT2D eigenvalue weighted by Gasteiger charge is 2.21. The smallest absolute Gasteiger partial charge is 0.167 e. The summed E-state index contributed by atoms with van der Waals surface area (Å²) in [7, 11) is 0. The van der Waals surface area contributed by atoms with Crippen LogP contribution in [-0.4, -0.2) is 19.5 Å². The van der Waals surface area contributed by atoms with Gasteiger partial charge in [0.2, 0.25) is 0 Å². The van der Waals surface area contributed by atoms with Crippen molar-refractivity contribution in [2.45, 2.75) is 0 Å². The molecule has 5 nitrogen and oxygen atoms in total. The maximum absolute atomic E-state index is 6.45. The third-order valence-corrected chi connectivity index (χ3v) is 11.1. The van der Waals surface area contributed by atoms with E-state index in [1.165, 1.54) is 36.6 Å². The number of benzene rings is 7. The van der Waals surface area contributed by atoms with E-state index in [-0.39, 0.29) is 0 Å². The van der Waals surface area contributed by atoms with Crippen LogP contribution in [-0.2, 0) is 0 Å². The van der Waals surface area contributed by atoms with Gasteiger partial charge in [0.25, 0.3) is 0 Å². The van der Waals surface area contributed by atoms with Crippen LogP contribution in [0.1, 0.15) is 0 Å². The number of furan rings is 1. The van der Waals surface area contributed by atoms with Crippen LogP contribution in [0.5, 0.6) is 0 Å². The predicted molar refractivity (Wildman–Crippen MR) is 211 cm³/mol. The molecule has 0 fully saturated rings. The van der Waals surface area contributed by atoms with Gasteiger partial charge >= 0.3 is 0 Å². The molecule has 7 aromatic carbocycles. The van der Waals surface area contributed by atoms with Crippen LogP contribution in [0.15, 0.2) is 162 Å². The van der Waals surface area contributed by atoms with E-state index in [0.717, 1.165) is 49.7 Å². The number of hydrogen-bond donors (Lipinski definition) is 0. The Hall–Kier alpha value is -6.63. The van der Waals surface area contributed by atoms with Crippen LogP contribution in [0, 0.1) is 0 Å². The van der Waals surface area contributed by atoms with E-state index in [9.17, 15) is 0 Å². The lowest BCUT2D eigenvalue weighted by Gasteiger charge is -2.10. The lowest BCUT2D eigenvalue weighted by molar-refractivity contribution is 0.669. The Bertz CT molecular complexity index is 3100. The van der Waals surface area contributed by atoms with Gasteiger partial charge in [0, 0.05) is 48.1 Å². The van der Waals surface area contributed by atoms with Gasteiger partial charge in [-0.3, -0.25) is 0 Å². The Morgan fingerprint density at radius 2 is 1.04 bits per heavy atom. The zero-order valence-corrected chi connectivity index (χ0v) is 27.9. The van der Waals surface area contributed by atoms with Crippen molar-refractivity contribution in [3.05, 3.63) is 158 Å². The molecule has 0 saturated heterocycles. The van der Waals surface area contributed by atoms with E-state index in [4.69, 9.17) is 19.4 Å². The van der Waals surface area contributed by atoms with Gasteiger partial charge in [-0.25, -0.2) is 15.0 Å². The van der Waals surface area contributed by atoms with Crippen molar-refractivity contribution in [3.8, 4) is 39.9 Å². The van der Waals surface area contributed by atoms with E-state index in [2.05, 4.69) is 108 Å². The van der Waals surface area contributed by atoms with Crippen molar-refractivity contribution < 1.29 is 4.42 Å². The molecule has 51 heavy (non-hydrogen) atoms. The van der Waals surface area contributed by atoms with Gasteiger partial charge < -0.3 is 8.98 Å². The minimum absolute atomic E-state index is 0.575. The monoisotopic (exact) mass is 670 g/mol. The van der Waals surface area contributed by atoms with E-state index in [0.29, 0.717) is 17.5 Å². The molecular formula is C45H26N4OS. The zero-order chi connectivity index (χ0) is 33.5. The van der Waals surface area contributed by atoms with Crippen LogP contribution < -0.4 is 0 Å². The van der Waals surface area contributed by atoms with E-state index >= 15 is 0 Å². The van der Waals surface area contributed by atoms with Crippen molar-refractivity contribution in [1.82, 2.24) is 19.5 Å². The molecule has 238 valence electrons. The maximum atomic E-state index is 6.45. The number of aromatic nitrogens is 4. The topological polar surface area (TPSA) is 56.7 Å². The van der Waals surface area contributed by atoms with Crippen LogP contribution in [0.3, 0.4) is 0 Å². The van der Waals surface area contributed by atoms with Gasteiger partial charge in [-0.05, 0) is 36.4 Å². The van der Waals surface area contributed by atoms with Crippen molar-refractivity contribution in [1.29, 1.82) is 0 Å². The first-order valence-electron chi connectivity index (χ1n) is 17.0. The van der Waals surface area contributed by atoms with Crippen LogP contribution in [0.4, 0.5) is 0 Å². The molecule has 4 aromatic heterocycles. The van der Waals surface area contributed by atoms with Gasteiger partial charge in [-0.1, -0.05) is 121 Å². The van der Waals surface area contributed by atoms with E-state index in [1.54, 1.807) is 0 Å². The van der Waals surface area contributed by atoms with Crippen molar-refractivity contribution in [2.75, 3.05) is 0 Å². The summed E-state index contributed by atoms with van der Waals surface area (Å²) >= 11 is 1.81. The lowest BCUT2D eigenvalue weighted by atomic mass is 10.0. The molecule has 0 saturated carbocycles. The fourth-order valence-electron chi connectivity index (χ4n) is 7.63. The average Bonchev–Trinajstić information content (AvgIpc) is 3.88. The number of rotatable bonds is 4. The summed E-state index contributed by atoms with van der Waals surface area (Å²) in [5, 5.41) is 6.91. The lowest BCUT2D eigenvalue weighted by Crippen LogP contribution is -2.00. The van der Waals surface area contributed by atoms with Crippen LogP contribution in [0.2, 0.25) is 0 Å². The number of thiophene rings is 1. The first-order chi connectivity index (χ1) is 25.3. The Balaban J connectivity index is 1.18. The summed E-state index contributed by atoms with van der Waals surface area (Å²) in [6.07, 6.45) is 0. The van der Waals surface area contributed by atoms with E-state index in [1.807, 2.05) is 65.9 Å². The van der Waals surface area contributed by atoms with Crippen molar-refractivity contribution >= 4 is 75.3 Å². The molecule has 0 aliphatic heterocycles. The minimum Gasteiger partial charge on any atom is -0.455 e. The first kappa shape index (κ1) is 28.2. The molecule has 6 heteroatoms. The standard InChI is InChI=1S/C45H26N4OS/c1-2-13-27(14-3-1)43-46-44(48-45(47-43)34-21-10-18-31-30-17-6-9-25-38(30)50-41(31)34)33-20-12-26-39-40(33)32-19-11-24-37(42(32)51-39)49-35-22-7-4-15-28(35)29-16-5-8-23-36(29)49/h1-26H. The number of para-hydroxylation sites is 4. The molecule has 0 spiro atoms. The fraction of sp³-hybridized carbons (Fsp3) is 0. The summed E-state index contributed by atoms with van der Waals surface area (Å²) in [4.78, 5) is 15.5. The molecule has 0 atom stereocenters. The third kappa shape index (κ3) is 4.24. The molecular weight excluding hydrogens is 645 g/mol. The minimum atomic E-state index is 0.575. The van der Waals surface area contributed by atoms with Gasteiger partial charge in [0.15, 0.2) is 17.5 Å². The molecule has 0 aliphatic carbocycles. The first-order valence-corrected chi connectivity index (χ1v) is 17.8. The SMILES string of the molecule is c1ccc(-c2nc(-c3cccc4c3oc3ccccc34)nc(-c3cccc4sc5c(-n6c7ccccc7c7ccccc76)cccc5c34)n2)cc1. The second-order valence-corrected chi connectivity index (χ2v) is 13.8. The second-order valence-electron chi connectivity index (χ2n) is 12.8. The molecule has 0 radical (unpaired) electrons. The summed E-state index contributed by atoms with van der Waals surface area (Å²) in [5.41, 5.74) is 7.88. The Morgan fingerprint density at radius 3 is 1.84 bits per heavy atom. The van der Waals surface area contributed by atoms with Crippen LogP contribution >= 0.6 is 11.3 Å². The summed E-state index contributed by atoms with van der Waals surface area (Å²) < 4.78 is 11.3. The number of fused-ring (bicyclic) bond motifs is 9.